The second-order valence-electron chi connectivity index (χ2n) is 4.70. The van der Waals surface area contributed by atoms with Crippen molar-refractivity contribution in [3.8, 4) is 5.75 Å². The minimum atomic E-state index is -0.760. The third kappa shape index (κ3) is 3.04. The van der Waals surface area contributed by atoms with Gasteiger partial charge in [-0.05, 0) is 31.9 Å². The third-order valence-corrected chi connectivity index (χ3v) is 3.36. The lowest BCUT2D eigenvalue weighted by molar-refractivity contribution is -0.139. The Morgan fingerprint density at radius 3 is 3.00 bits per heavy atom. The molecule has 0 aliphatic carbocycles. The summed E-state index contributed by atoms with van der Waals surface area (Å²) < 4.78 is 18.8. The van der Waals surface area contributed by atoms with Crippen LogP contribution in [0.1, 0.15) is 19.8 Å². The fraction of sp³-hybridized carbons (Fsp3) is 0.500. The van der Waals surface area contributed by atoms with Crippen LogP contribution in [0.3, 0.4) is 0 Å². The van der Waals surface area contributed by atoms with Crippen LogP contribution >= 0.6 is 0 Å². The number of para-hydroxylation sites is 1. The number of carbonyl (C=O) groups excluding carboxylic acids is 1. The van der Waals surface area contributed by atoms with E-state index in [1.54, 1.807) is 24.0 Å². The minimum absolute atomic E-state index is 0.0435. The molecule has 19 heavy (non-hydrogen) atoms. The monoisotopic (exact) mass is 267 g/mol. The maximum Gasteiger partial charge on any atom is 0.263 e. The average Bonchev–Trinajstić information content (AvgIpc) is 2.88. The van der Waals surface area contributed by atoms with E-state index in [-0.39, 0.29) is 24.3 Å². The molecule has 1 aromatic rings. The molecule has 0 saturated carbocycles. The SMILES string of the molecule is CC(Oc1ccccc1F)C(=O)N1CCC[C@@H]1CO. The van der Waals surface area contributed by atoms with Gasteiger partial charge < -0.3 is 14.7 Å². The Kier molecular flexibility index (Phi) is 4.37. The van der Waals surface area contributed by atoms with Gasteiger partial charge in [0.05, 0.1) is 12.6 Å². The molecule has 1 N–H and O–H groups in total. The van der Waals surface area contributed by atoms with E-state index >= 15 is 0 Å². The highest BCUT2D eigenvalue weighted by Crippen LogP contribution is 2.21. The molecule has 1 aliphatic rings. The number of ether oxygens (including phenoxy) is 1. The molecule has 1 heterocycles. The molecule has 1 unspecified atom stereocenters. The fourth-order valence-corrected chi connectivity index (χ4v) is 2.33. The van der Waals surface area contributed by atoms with Crippen molar-refractivity contribution < 1.29 is 19.0 Å². The third-order valence-electron chi connectivity index (χ3n) is 3.36. The number of carbonyl (C=O) groups is 1. The van der Waals surface area contributed by atoms with E-state index in [4.69, 9.17) is 4.74 Å². The van der Waals surface area contributed by atoms with Gasteiger partial charge in [0, 0.05) is 6.54 Å². The largest absolute Gasteiger partial charge is 0.478 e. The maximum atomic E-state index is 13.4. The van der Waals surface area contributed by atoms with E-state index in [0.29, 0.717) is 6.54 Å². The molecule has 0 radical (unpaired) electrons. The van der Waals surface area contributed by atoms with E-state index < -0.39 is 11.9 Å². The number of aliphatic hydroxyl groups excluding tert-OH is 1. The van der Waals surface area contributed by atoms with Gasteiger partial charge in [-0.2, -0.15) is 0 Å². The molecule has 2 atom stereocenters. The molecule has 4 nitrogen and oxygen atoms in total. The highest BCUT2D eigenvalue weighted by Gasteiger charge is 2.31. The second kappa shape index (κ2) is 6.02. The van der Waals surface area contributed by atoms with Crippen LogP contribution in [0.5, 0.6) is 5.75 Å². The lowest BCUT2D eigenvalue weighted by Gasteiger charge is -2.26. The Balaban J connectivity index is 2.02. The van der Waals surface area contributed by atoms with Crippen LogP contribution < -0.4 is 4.74 Å². The number of benzene rings is 1. The van der Waals surface area contributed by atoms with Crippen LogP contribution in [0, 0.1) is 5.82 Å². The quantitative estimate of drug-likeness (QED) is 0.901. The summed E-state index contributed by atoms with van der Waals surface area (Å²) in [7, 11) is 0. The van der Waals surface area contributed by atoms with E-state index in [1.807, 2.05) is 0 Å². The Morgan fingerprint density at radius 1 is 1.58 bits per heavy atom. The first kappa shape index (κ1) is 13.8. The lowest BCUT2D eigenvalue weighted by atomic mass is 10.2. The fourth-order valence-electron chi connectivity index (χ4n) is 2.33. The van der Waals surface area contributed by atoms with Crippen LogP contribution in [-0.4, -0.2) is 41.2 Å². The van der Waals surface area contributed by atoms with Crippen molar-refractivity contribution in [3.63, 3.8) is 0 Å². The predicted octanol–water partition coefficient (Wildman–Crippen LogP) is 1.58. The van der Waals surface area contributed by atoms with Crippen molar-refractivity contribution >= 4 is 5.91 Å². The molecule has 104 valence electrons. The Labute approximate surface area is 111 Å². The second-order valence-corrected chi connectivity index (χ2v) is 4.70. The summed E-state index contributed by atoms with van der Waals surface area (Å²) in [4.78, 5) is 13.8. The van der Waals surface area contributed by atoms with Crippen molar-refractivity contribution in [2.75, 3.05) is 13.2 Å². The first-order valence-electron chi connectivity index (χ1n) is 6.46. The van der Waals surface area contributed by atoms with Crippen molar-refractivity contribution in [2.24, 2.45) is 0 Å². The molecule has 0 bridgehead atoms. The van der Waals surface area contributed by atoms with Gasteiger partial charge in [-0.15, -0.1) is 0 Å². The average molecular weight is 267 g/mol. The molecular weight excluding hydrogens is 249 g/mol. The number of likely N-dealkylation sites (tertiary alicyclic amines) is 1. The van der Waals surface area contributed by atoms with Crippen LogP contribution in [0.15, 0.2) is 24.3 Å². The van der Waals surface area contributed by atoms with Gasteiger partial charge in [0.2, 0.25) is 0 Å². The number of rotatable bonds is 4. The van der Waals surface area contributed by atoms with Gasteiger partial charge >= 0.3 is 0 Å². The molecule has 1 fully saturated rings. The Morgan fingerprint density at radius 2 is 2.32 bits per heavy atom. The van der Waals surface area contributed by atoms with Gasteiger partial charge in [-0.3, -0.25) is 4.79 Å². The summed E-state index contributed by atoms with van der Waals surface area (Å²) in [5.41, 5.74) is 0. The first-order chi connectivity index (χ1) is 9.13. The standard InChI is InChI=1S/C14H18FNO3/c1-10(19-13-7-3-2-6-12(13)15)14(18)16-8-4-5-11(16)9-17/h2-3,6-7,10-11,17H,4-5,8-9H2,1H3/t10?,11-/m1/s1. The predicted molar refractivity (Wildman–Crippen MR) is 68.3 cm³/mol. The number of nitrogens with zero attached hydrogens (tertiary/aromatic N) is 1. The van der Waals surface area contributed by atoms with Gasteiger partial charge in [-0.1, -0.05) is 12.1 Å². The molecular formula is C14H18FNO3. The van der Waals surface area contributed by atoms with E-state index in [1.165, 1.54) is 12.1 Å². The number of hydrogen-bond donors (Lipinski definition) is 1. The van der Waals surface area contributed by atoms with Crippen molar-refractivity contribution in [3.05, 3.63) is 30.1 Å². The lowest BCUT2D eigenvalue weighted by Crippen LogP contribution is -2.44. The van der Waals surface area contributed by atoms with Crippen molar-refractivity contribution in [1.29, 1.82) is 0 Å². The summed E-state index contributed by atoms with van der Waals surface area (Å²) in [6.07, 6.45) is 0.918. The van der Waals surface area contributed by atoms with Gasteiger partial charge in [0.1, 0.15) is 0 Å². The smallest absolute Gasteiger partial charge is 0.263 e. The summed E-state index contributed by atoms with van der Waals surface area (Å²) in [6, 6.07) is 5.86. The molecule has 1 aliphatic heterocycles. The van der Waals surface area contributed by atoms with Crippen molar-refractivity contribution in [1.82, 2.24) is 4.90 Å². The number of hydrogen-bond acceptors (Lipinski definition) is 3. The summed E-state index contributed by atoms with van der Waals surface area (Å²) in [5, 5.41) is 9.21. The highest BCUT2D eigenvalue weighted by molar-refractivity contribution is 5.81. The summed E-state index contributed by atoms with van der Waals surface area (Å²) in [5.74, 6) is -0.620. The first-order valence-corrected chi connectivity index (χ1v) is 6.46. The molecule has 0 aromatic heterocycles. The van der Waals surface area contributed by atoms with Gasteiger partial charge in [-0.25, -0.2) is 4.39 Å². The summed E-state index contributed by atoms with van der Waals surface area (Å²) >= 11 is 0. The van der Waals surface area contributed by atoms with E-state index in [9.17, 15) is 14.3 Å². The maximum absolute atomic E-state index is 13.4. The number of halogens is 1. The molecule has 1 amide bonds. The number of aliphatic hydroxyl groups is 1. The minimum Gasteiger partial charge on any atom is -0.478 e. The topological polar surface area (TPSA) is 49.8 Å². The molecule has 5 heteroatoms. The Hall–Kier alpha value is -1.62. The van der Waals surface area contributed by atoms with Crippen LogP contribution in [0.25, 0.3) is 0 Å². The molecule has 1 aromatic carbocycles. The zero-order valence-electron chi connectivity index (χ0n) is 10.9. The molecule has 0 spiro atoms. The molecule has 2 rings (SSSR count). The van der Waals surface area contributed by atoms with E-state index in [0.717, 1.165) is 12.8 Å². The van der Waals surface area contributed by atoms with Crippen LogP contribution in [0.4, 0.5) is 4.39 Å². The Bertz CT molecular complexity index is 452. The zero-order chi connectivity index (χ0) is 13.8. The van der Waals surface area contributed by atoms with Crippen LogP contribution in [0.2, 0.25) is 0 Å². The summed E-state index contributed by atoms with van der Waals surface area (Å²) in [6.45, 7) is 2.18. The van der Waals surface area contributed by atoms with Crippen molar-refractivity contribution in [2.45, 2.75) is 31.9 Å². The van der Waals surface area contributed by atoms with Gasteiger partial charge in [0.25, 0.3) is 5.91 Å². The number of amides is 1. The molecule has 1 saturated heterocycles. The van der Waals surface area contributed by atoms with Crippen LogP contribution in [-0.2, 0) is 4.79 Å². The van der Waals surface area contributed by atoms with Gasteiger partial charge in [0.15, 0.2) is 17.7 Å². The normalized spacial score (nSPS) is 20.4. The van der Waals surface area contributed by atoms with E-state index in [2.05, 4.69) is 0 Å². The zero-order valence-corrected chi connectivity index (χ0v) is 10.9. The highest BCUT2D eigenvalue weighted by atomic mass is 19.1.